The van der Waals surface area contributed by atoms with E-state index in [0.717, 1.165) is 5.69 Å². The van der Waals surface area contributed by atoms with Crippen LogP contribution < -0.4 is 15.8 Å². The smallest absolute Gasteiger partial charge is 0.287 e. The third kappa shape index (κ3) is 5.09. The summed E-state index contributed by atoms with van der Waals surface area (Å²) in [6, 6.07) is 11.8. The molecule has 0 saturated carbocycles. The molecule has 2 N–H and O–H groups in total. The Morgan fingerprint density at radius 1 is 1.13 bits per heavy atom. The Kier molecular flexibility index (Phi) is 6.55. The van der Waals surface area contributed by atoms with E-state index in [2.05, 4.69) is 31.9 Å². The van der Waals surface area contributed by atoms with E-state index in [1.807, 2.05) is 0 Å². The molecule has 0 radical (unpaired) electrons. The molecule has 0 aliphatic heterocycles. The third-order valence-corrected chi connectivity index (χ3v) is 4.01. The van der Waals surface area contributed by atoms with Gasteiger partial charge in [-0.3, -0.25) is 20.3 Å². The topological polar surface area (TPSA) is 150 Å². The number of carbonyl (C=O) groups excluding carboxylic acids is 1. The van der Waals surface area contributed by atoms with Crippen molar-refractivity contribution in [2.75, 3.05) is 18.0 Å². The molecular weight excluding hydrogens is 388 g/mol. The van der Waals surface area contributed by atoms with Crippen LogP contribution in [0.4, 0.5) is 17.2 Å². The lowest BCUT2D eigenvalue weighted by Crippen LogP contribution is -2.41. The number of hydrogen-bond acceptors (Lipinski definition) is 9. The summed E-state index contributed by atoms with van der Waals surface area (Å²) in [5, 5.41) is 19.9. The van der Waals surface area contributed by atoms with Crippen LogP contribution in [0.25, 0.3) is 0 Å². The minimum atomic E-state index is -0.521. The molecule has 3 rings (SSSR count). The summed E-state index contributed by atoms with van der Waals surface area (Å²) in [7, 11) is 0. The summed E-state index contributed by atoms with van der Waals surface area (Å²) in [6.07, 6.45) is 5.30. The van der Waals surface area contributed by atoms with Crippen LogP contribution in [-0.2, 0) is 0 Å². The minimum absolute atomic E-state index is 0.117. The monoisotopic (exact) mass is 404 g/mol. The number of hydrazine groups is 1. The van der Waals surface area contributed by atoms with Gasteiger partial charge in [0.2, 0.25) is 0 Å². The number of pyridine rings is 1. The first kappa shape index (κ1) is 20.3. The zero-order chi connectivity index (χ0) is 21.3. The molecule has 0 bridgehead atoms. The highest BCUT2D eigenvalue weighted by Gasteiger charge is 2.14. The van der Waals surface area contributed by atoms with Crippen molar-refractivity contribution in [2.24, 2.45) is 0 Å². The maximum Gasteiger partial charge on any atom is 0.287 e. The van der Waals surface area contributed by atoms with E-state index in [0.29, 0.717) is 30.0 Å². The molecule has 0 unspecified atom stereocenters. The number of anilines is 2. The van der Waals surface area contributed by atoms with Crippen molar-refractivity contribution in [2.45, 2.75) is 0 Å². The Morgan fingerprint density at radius 2 is 1.87 bits per heavy atom. The van der Waals surface area contributed by atoms with Crippen molar-refractivity contribution >= 4 is 23.1 Å². The van der Waals surface area contributed by atoms with Crippen molar-refractivity contribution < 1.29 is 9.72 Å². The normalized spacial score (nSPS) is 10.1. The van der Waals surface area contributed by atoms with Crippen LogP contribution in [0.5, 0.6) is 0 Å². The molecule has 0 aliphatic carbocycles. The molecule has 0 saturated heterocycles. The van der Waals surface area contributed by atoms with E-state index in [-0.39, 0.29) is 11.6 Å². The van der Waals surface area contributed by atoms with Gasteiger partial charge in [-0.05, 0) is 30.3 Å². The van der Waals surface area contributed by atoms with Gasteiger partial charge in [-0.15, -0.1) is 0 Å². The number of nitriles is 1. The van der Waals surface area contributed by atoms with E-state index in [9.17, 15) is 14.9 Å². The average Bonchev–Trinajstić information content (AvgIpc) is 2.80. The van der Waals surface area contributed by atoms with Crippen molar-refractivity contribution in [3.05, 3.63) is 82.6 Å². The Balaban J connectivity index is 1.70. The molecule has 3 aromatic rings. The molecule has 1 amide bonds. The fourth-order valence-electron chi connectivity index (χ4n) is 2.54. The summed E-state index contributed by atoms with van der Waals surface area (Å²) >= 11 is 0. The molecule has 11 heteroatoms. The van der Waals surface area contributed by atoms with Gasteiger partial charge in [-0.2, -0.15) is 5.26 Å². The molecule has 0 fully saturated rings. The van der Waals surface area contributed by atoms with E-state index in [4.69, 9.17) is 5.26 Å². The number of nitrogens with one attached hydrogen (secondary N) is 2. The van der Waals surface area contributed by atoms with Crippen LogP contribution in [-0.4, -0.2) is 38.9 Å². The second-order valence-corrected chi connectivity index (χ2v) is 5.95. The summed E-state index contributed by atoms with van der Waals surface area (Å²) in [5.41, 5.74) is 6.81. The van der Waals surface area contributed by atoms with Gasteiger partial charge in [0, 0.05) is 37.2 Å². The highest BCUT2D eigenvalue weighted by Crippen LogP contribution is 2.24. The number of benzene rings is 1. The van der Waals surface area contributed by atoms with E-state index < -0.39 is 4.92 Å². The van der Waals surface area contributed by atoms with Crippen molar-refractivity contribution in [1.82, 2.24) is 25.8 Å². The summed E-state index contributed by atoms with van der Waals surface area (Å²) in [5.74, 6) is 0.101. The number of rotatable bonds is 8. The minimum Gasteiger partial charge on any atom is -0.325 e. The molecule has 2 aromatic heterocycles. The standard InChI is InChI=1S/C19H16N8O3/c20-9-14-1-3-16(4-2-14)26(18-6-5-17(12-23-18)27(29)30)8-7-24-25-19(28)15-10-21-13-22-11-15/h1-6,10-13,24H,7-8H2,(H,25,28). The maximum absolute atomic E-state index is 12.0. The van der Waals surface area contributed by atoms with Gasteiger partial charge < -0.3 is 4.90 Å². The van der Waals surface area contributed by atoms with Crippen LogP contribution in [0.1, 0.15) is 15.9 Å². The SMILES string of the molecule is N#Cc1ccc(N(CCNNC(=O)c2cncnc2)c2ccc([N+](=O)[O-])cn2)cc1. The van der Waals surface area contributed by atoms with Crippen LogP contribution in [0.3, 0.4) is 0 Å². The second kappa shape index (κ2) is 9.67. The Morgan fingerprint density at radius 3 is 2.47 bits per heavy atom. The largest absolute Gasteiger partial charge is 0.325 e. The van der Waals surface area contributed by atoms with Crippen molar-refractivity contribution in [3.8, 4) is 6.07 Å². The first-order valence-electron chi connectivity index (χ1n) is 8.75. The maximum atomic E-state index is 12.0. The second-order valence-electron chi connectivity index (χ2n) is 5.95. The van der Waals surface area contributed by atoms with E-state index >= 15 is 0 Å². The first-order chi connectivity index (χ1) is 14.6. The van der Waals surface area contributed by atoms with Crippen molar-refractivity contribution in [3.63, 3.8) is 0 Å². The predicted octanol–water partition coefficient (Wildman–Crippen LogP) is 1.72. The van der Waals surface area contributed by atoms with Gasteiger partial charge in [0.25, 0.3) is 11.6 Å². The molecule has 2 heterocycles. The zero-order valence-corrected chi connectivity index (χ0v) is 15.6. The molecule has 0 aliphatic rings. The summed E-state index contributed by atoms with van der Waals surface area (Å²) < 4.78 is 0. The quantitative estimate of drug-likeness (QED) is 0.325. The van der Waals surface area contributed by atoms with Crippen LogP contribution >= 0.6 is 0 Å². The average molecular weight is 404 g/mol. The van der Waals surface area contributed by atoms with E-state index in [1.54, 1.807) is 29.2 Å². The number of carbonyl (C=O) groups is 1. The lowest BCUT2D eigenvalue weighted by atomic mass is 10.2. The number of aromatic nitrogens is 3. The van der Waals surface area contributed by atoms with Crippen LogP contribution in [0.2, 0.25) is 0 Å². The zero-order valence-electron chi connectivity index (χ0n) is 15.6. The first-order valence-corrected chi connectivity index (χ1v) is 8.75. The molecule has 30 heavy (non-hydrogen) atoms. The molecule has 1 aromatic carbocycles. The Labute approximate surface area is 171 Å². The van der Waals surface area contributed by atoms with E-state index in [1.165, 1.54) is 37.1 Å². The van der Waals surface area contributed by atoms with Gasteiger partial charge in [0.15, 0.2) is 0 Å². The van der Waals surface area contributed by atoms with Gasteiger partial charge in [0.05, 0.1) is 22.1 Å². The summed E-state index contributed by atoms with van der Waals surface area (Å²) in [6.45, 7) is 0.709. The highest BCUT2D eigenvalue weighted by atomic mass is 16.6. The fourth-order valence-corrected chi connectivity index (χ4v) is 2.54. The fraction of sp³-hybridized carbons (Fsp3) is 0.105. The lowest BCUT2D eigenvalue weighted by molar-refractivity contribution is -0.385. The summed E-state index contributed by atoms with van der Waals surface area (Å²) in [4.78, 5) is 35.9. The molecule has 0 spiro atoms. The Bertz CT molecular complexity index is 1050. The molecule has 11 nitrogen and oxygen atoms in total. The molecule has 150 valence electrons. The molecular formula is C19H16N8O3. The highest BCUT2D eigenvalue weighted by molar-refractivity contribution is 5.93. The lowest BCUT2D eigenvalue weighted by Gasteiger charge is -2.24. The number of nitro groups is 1. The number of nitrogens with zero attached hydrogens (tertiary/aromatic N) is 6. The Hall–Kier alpha value is -4.43. The van der Waals surface area contributed by atoms with Crippen LogP contribution in [0.15, 0.2) is 61.3 Å². The predicted molar refractivity (Wildman–Crippen MR) is 107 cm³/mol. The number of hydrogen-bond donors (Lipinski definition) is 2. The molecule has 0 atom stereocenters. The van der Waals surface area contributed by atoms with Crippen molar-refractivity contribution in [1.29, 1.82) is 5.26 Å². The number of amides is 1. The van der Waals surface area contributed by atoms with Gasteiger partial charge >= 0.3 is 0 Å². The van der Waals surface area contributed by atoms with Crippen LogP contribution in [0, 0.1) is 21.4 Å². The van der Waals surface area contributed by atoms with Gasteiger partial charge in [-0.25, -0.2) is 20.4 Å². The van der Waals surface area contributed by atoms with Gasteiger partial charge in [0.1, 0.15) is 18.3 Å². The third-order valence-electron chi connectivity index (χ3n) is 4.01. The van der Waals surface area contributed by atoms with Gasteiger partial charge in [-0.1, -0.05) is 0 Å².